The highest BCUT2D eigenvalue weighted by Gasteiger charge is 2.27. The Balaban J connectivity index is 1.29. The topological polar surface area (TPSA) is 134 Å². The fraction of sp³-hybridized carbons (Fsp3) is 0.269. The van der Waals surface area contributed by atoms with Crippen molar-refractivity contribution < 1.29 is 31.1 Å². The molecule has 2 N–H and O–H groups in total. The van der Waals surface area contributed by atoms with Crippen molar-refractivity contribution in [1.82, 2.24) is 9.21 Å². The fourth-order valence-electron chi connectivity index (χ4n) is 3.85. The molecule has 0 bridgehead atoms. The second-order valence-corrected chi connectivity index (χ2v) is 12.5. The van der Waals surface area contributed by atoms with Gasteiger partial charge in [0.25, 0.3) is 15.9 Å². The van der Waals surface area contributed by atoms with Crippen molar-refractivity contribution in [1.29, 1.82) is 0 Å². The number of hydrogen-bond donors (Lipinski definition) is 2. The van der Waals surface area contributed by atoms with Gasteiger partial charge in [0, 0.05) is 37.9 Å². The fourth-order valence-corrected chi connectivity index (χ4v) is 6.32. The van der Waals surface area contributed by atoms with Gasteiger partial charge >= 0.3 is 0 Å². The van der Waals surface area contributed by atoms with E-state index in [2.05, 4.69) is 14.9 Å². The smallest absolute Gasteiger partial charge is 0.262 e. The number of rotatable bonds is 10. The Hall–Kier alpha value is -3.65. The molecule has 208 valence electrons. The largest absolute Gasteiger partial charge is 0.497 e. The third kappa shape index (κ3) is 7.26. The highest BCUT2D eigenvalue weighted by Crippen LogP contribution is 2.23. The van der Waals surface area contributed by atoms with Gasteiger partial charge in [-0.25, -0.2) is 16.8 Å². The summed E-state index contributed by atoms with van der Waals surface area (Å²) in [5, 5.41) is 2.65. The molecule has 1 amide bonds. The minimum absolute atomic E-state index is 0.0220. The zero-order valence-corrected chi connectivity index (χ0v) is 23.2. The summed E-state index contributed by atoms with van der Waals surface area (Å²) in [6, 6.07) is 18.2. The molecular weight excluding hydrogens is 544 g/mol. The van der Waals surface area contributed by atoms with Gasteiger partial charge < -0.3 is 19.7 Å². The van der Waals surface area contributed by atoms with Crippen LogP contribution < -0.4 is 19.5 Å². The molecule has 0 unspecified atom stereocenters. The monoisotopic (exact) mass is 574 g/mol. The van der Waals surface area contributed by atoms with Crippen molar-refractivity contribution >= 4 is 37.3 Å². The maximum Gasteiger partial charge on any atom is 0.262 e. The lowest BCUT2D eigenvalue weighted by Crippen LogP contribution is -2.46. The molecule has 4 rings (SSSR count). The molecule has 11 nitrogen and oxygen atoms in total. The molecule has 1 aliphatic rings. The van der Waals surface area contributed by atoms with E-state index in [1.165, 1.54) is 59.9 Å². The van der Waals surface area contributed by atoms with Crippen molar-refractivity contribution in [2.24, 2.45) is 0 Å². The predicted octanol–water partition coefficient (Wildman–Crippen LogP) is 2.45. The van der Waals surface area contributed by atoms with E-state index in [0.29, 0.717) is 49.1 Å². The summed E-state index contributed by atoms with van der Waals surface area (Å²) in [7, 11) is -3.99. The average molecular weight is 575 g/mol. The van der Waals surface area contributed by atoms with Crippen LogP contribution in [0.5, 0.6) is 11.5 Å². The number of piperazine rings is 1. The molecule has 0 aliphatic carbocycles. The number of benzene rings is 3. The summed E-state index contributed by atoms with van der Waals surface area (Å²) >= 11 is 0. The summed E-state index contributed by atoms with van der Waals surface area (Å²) in [5.41, 5.74) is 0.780. The van der Waals surface area contributed by atoms with Crippen molar-refractivity contribution in [3.63, 3.8) is 0 Å². The minimum atomic E-state index is -3.84. The second-order valence-electron chi connectivity index (χ2n) is 8.88. The first-order valence-corrected chi connectivity index (χ1v) is 15.0. The lowest BCUT2D eigenvalue weighted by atomic mass is 10.3. The standard InChI is InChI=1S/C26H30N4O7S2/c1-29-14-16-30(17-15-29)39(34,35)25-10-6-20(7-11-25)27-26(31)19-37-22-8-12-24(13-9-22)38(32,33)28-21-4-3-5-23(18-21)36-2/h3-13,18,28H,14-17,19H2,1-2H3,(H,27,31). The van der Waals surface area contributed by atoms with E-state index in [9.17, 15) is 21.6 Å². The van der Waals surface area contributed by atoms with E-state index < -0.39 is 26.0 Å². The number of methoxy groups -OCH3 is 1. The lowest BCUT2D eigenvalue weighted by molar-refractivity contribution is -0.118. The Bertz CT molecular complexity index is 1500. The van der Waals surface area contributed by atoms with E-state index in [1.54, 1.807) is 24.3 Å². The van der Waals surface area contributed by atoms with Gasteiger partial charge in [-0.2, -0.15) is 4.31 Å². The SMILES string of the molecule is COc1cccc(NS(=O)(=O)c2ccc(OCC(=O)Nc3ccc(S(=O)(=O)N4CCN(C)CC4)cc3)cc2)c1. The Morgan fingerprint density at radius 3 is 2.10 bits per heavy atom. The number of nitrogens with zero attached hydrogens (tertiary/aromatic N) is 2. The number of hydrogen-bond acceptors (Lipinski definition) is 8. The molecule has 1 heterocycles. The number of ether oxygens (including phenoxy) is 2. The lowest BCUT2D eigenvalue weighted by Gasteiger charge is -2.31. The molecule has 0 saturated carbocycles. The van der Waals surface area contributed by atoms with E-state index in [-0.39, 0.29) is 16.4 Å². The molecule has 3 aromatic rings. The number of sulfonamides is 2. The van der Waals surface area contributed by atoms with Crippen LogP contribution >= 0.6 is 0 Å². The van der Waals surface area contributed by atoms with Crippen LogP contribution in [0.2, 0.25) is 0 Å². The van der Waals surface area contributed by atoms with Crippen molar-refractivity contribution in [2.75, 3.05) is 57.0 Å². The van der Waals surface area contributed by atoms with Crippen molar-refractivity contribution in [2.45, 2.75) is 9.79 Å². The van der Waals surface area contributed by atoms with Crippen LogP contribution in [0.25, 0.3) is 0 Å². The van der Waals surface area contributed by atoms with Gasteiger partial charge in [0.05, 0.1) is 22.6 Å². The Morgan fingerprint density at radius 1 is 0.821 bits per heavy atom. The number of likely N-dealkylation sites (N-methyl/N-ethyl adjacent to an activating group) is 1. The highest BCUT2D eigenvalue weighted by atomic mass is 32.2. The Kier molecular flexibility index (Phi) is 8.75. The van der Waals surface area contributed by atoms with Crippen molar-refractivity contribution in [3.8, 4) is 11.5 Å². The normalized spacial score (nSPS) is 14.9. The summed E-state index contributed by atoms with van der Waals surface area (Å²) in [5.74, 6) is 0.365. The molecule has 0 spiro atoms. The first-order chi connectivity index (χ1) is 18.6. The van der Waals surface area contributed by atoms with Gasteiger partial charge in [0.15, 0.2) is 6.61 Å². The number of amides is 1. The van der Waals surface area contributed by atoms with Crippen LogP contribution in [0.3, 0.4) is 0 Å². The summed E-state index contributed by atoms with van der Waals surface area (Å²) in [4.78, 5) is 14.6. The molecule has 13 heteroatoms. The molecule has 0 radical (unpaired) electrons. The molecule has 3 aromatic carbocycles. The maximum absolute atomic E-state index is 12.8. The van der Waals surface area contributed by atoms with Crippen LogP contribution in [0.4, 0.5) is 11.4 Å². The third-order valence-corrected chi connectivity index (χ3v) is 9.37. The highest BCUT2D eigenvalue weighted by molar-refractivity contribution is 7.92. The number of carbonyl (C=O) groups excluding carboxylic acids is 1. The first kappa shape index (κ1) is 28.4. The van der Waals surface area contributed by atoms with Gasteiger partial charge in [-0.1, -0.05) is 6.07 Å². The second kappa shape index (κ2) is 12.0. The average Bonchev–Trinajstić information content (AvgIpc) is 2.92. The van der Waals surface area contributed by atoms with Gasteiger partial charge in [-0.3, -0.25) is 9.52 Å². The third-order valence-electron chi connectivity index (χ3n) is 6.06. The molecule has 1 fully saturated rings. The Morgan fingerprint density at radius 2 is 1.46 bits per heavy atom. The number of carbonyl (C=O) groups is 1. The zero-order chi connectivity index (χ0) is 28.0. The van der Waals surface area contributed by atoms with Crippen LogP contribution in [0.15, 0.2) is 82.6 Å². The Labute approximate surface area is 228 Å². The molecule has 39 heavy (non-hydrogen) atoms. The number of nitrogens with one attached hydrogen (secondary N) is 2. The molecule has 0 aromatic heterocycles. The van der Waals surface area contributed by atoms with Gasteiger partial charge in [0.1, 0.15) is 11.5 Å². The summed E-state index contributed by atoms with van der Waals surface area (Å²) < 4.78 is 65.6. The maximum atomic E-state index is 12.8. The minimum Gasteiger partial charge on any atom is -0.497 e. The van der Waals surface area contributed by atoms with Crippen LogP contribution in [0.1, 0.15) is 0 Å². The van der Waals surface area contributed by atoms with Gasteiger partial charge in [-0.05, 0) is 67.7 Å². The van der Waals surface area contributed by atoms with Crippen LogP contribution in [-0.2, 0) is 24.8 Å². The summed E-state index contributed by atoms with van der Waals surface area (Å²) in [6.07, 6.45) is 0. The van der Waals surface area contributed by atoms with Crippen LogP contribution in [-0.4, -0.2) is 78.9 Å². The quantitative estimate of drug-likeness (QED) is 0.377. The zero-order valence-electron chi connectivity index (χ0n) is 21.5. The predicted molar refractivity (Wildman–Crippen MR) is 147 cm³/mol. The molecule has 1 aliphatic heterocycles. The molecule has 0 atom stereocenters. The molecule has 1 saturated heterocycles. The van der Waals surface area contributed by atoms with Crippen LogP contribution in [0, 0.1) is 0 Å². The van der Waals surface area contributed by atoms with Gasteiger partial charge in [0.2, 0.25) is 10.0 Å². The molecular formula is C26H30N4O7S2. The number of anilines is 2. The van der Waals surface area contributed by atoms with Gasteiger partial charge in [-0.15, -0.1) is 0 Å². The van der Waals surface area contributed by atoms with E-state index in [0.717, 1.165) is 0 Å². The first-order valence-electron chi connectivity index (χ1n) is 12.1. The van der Waals surface area contributed by atoms with E-state index in [4.69, 9.17) is 9.47 Å². The van der Waals surface area contributed by atoms with E-state index >= 15 is 0 Å². The summed E-state index contributed by atoms with van der Waals surface area (Å²) in [6.45, 7) is 1.88. The van der Waals surface area contributed by atoms with Crippen molar-refractivity contribution in [3.05, 3.63) is 72.8 Å². The van der Waals surface area contributed by atoms with E-state index in [1.807, 2.05) is 7.05 Å².